The second-order valence-electron chi connectivity index (χ2n) is 5.85. The van der Waals surface area contributed by atoms with Crippen molar-refractivity contribution in [3.8, 4) is 0 Å². The van der Waals surface area contributed by atoms with E-state index in [1.165, 1.54) is 0 Å². The SMILES string of the molecule is CC(C)(C)OC(=O)NCc1nc2ccccc2n1CC(=O)O. The zero-order chi connectivity index (χ0) is 16.3. The molecule has 0 spiro atoms. The first-order valence-corrected chi connectivity index (χ1v) is 6.89. The maximum atomic E-state index is 11.7. The molecule has 0 aliphatic rings. The normalized spacial score (nSPS) is 11.4. The number of alkyl carbamates (subject to hydrolysis) is 1. The number of fused-ring (bicyclic) bond motifs is 1. The number of amides is 1. The fraction of sp³-hybridized carbons (Fsp3) is 0.400. The molecule has 2 N–H and O–H groups in total. The Bertz CT molecular complexity index is 700. The summed E-state index contributed by atoms with van der Waals surface area (Å²) in [7, 11) is 0. The van der Waals surface area contributed by atoms with Crippen LogP contribution in [-0.2, 0) is 22.6 Å². The lowest BCUT2D eigenvalue weighted by atomic mass is 10.2. The van der Waals surface area contributed by atoms with Gasteiger partial charge >= 0.3 is 12.1 Å². The first-order chi connectivity index (χ1) is 10.3. The van der Waals surface area contributed by atoms with E-state index >= 15 is 0 Å². The van der Waals surface area contributed by atoms with Gasteiger partial charge in [-0.2, -0.15) is 0 Å². The molecule has 1 heterocycles. The fourth-order valence-electron chi connectivity index (χ4n) is 2.04. The van der Waals surface area contributed by atoms with Crippen molar-refractivity contribution < 1.29 is 19.4 Å². The van der Waals surface area contributed by atoms with E-state index < -0.39 is 17.7 Å². The van der Waals surface area contributed by atoms with Crippen molar-refractivity contribution >= 4 is 23.1 Å². The Balaban J connectivity index is 2.19. The van der Waals surface area contributed by atoms with E-state index in [4.69, 9.17) is 9.84 Å². The van der Waals surface area contributed by atoms with E-state index in [9.17, 15) is 9.59 Å². The summed E-state index contributed by atoms with van der Waals surface area (Å²) in [4.78, 5) is 27.1. The van der Waals surface area contributed by atoms with Gasteiger partial charge in [0.15, 0.2) is 0 Å². The van der Waals surface area contributed by atoms with E-state index in [0.29, 0.717) is 16.9 Å². The first-order valence-electron chi connectivity index (χ1n) is 6.89. The standard InChI is InChI=1S/C15H19N3O4/c1-15(2,3)22-14(21)16-8-12-17-10-6-4-5-7-11(10)18(12)9-13(19)20/h4-7H,8-9H2,1-3H3,(H,16,21)(H,19,20). The monoisotopic (exact) mass is 305 g/mol. The van der Waals surface area contributed by atoms with Crippen LogP contribution in [0.4, 0.5) is 4.79 Å². The number of hydrogen-bond acceptors (Lipinski definition) is 4. The van der Waals surface area contributed by atoms with E-state index in [0.717, 1.165) is 0 Å². The van der Waals surface area contributed by atoms with E-state index in [1.54, 1.807) is 37.5 Å². The number of carbonyl (C=O) groups excluding carboxylic acids is 1. The molecule has 2 aromatic rings. The Labute approximate surface area is 127 Å². The second kappa shape index (κ2) is 6.05. The van der Waals surface area contributed by atoms with E-state index in [-0.39, 0.29) is 13.1 Å². The van der Waals surface area contributed by atoms with Crippen LogP contribution < -0.4 is 5.32 Å². The number of nitrogens with one attached hydrogen (secondary N) is 1. The summed E-state index contributed by atoms with van der Waals surface area (Å²) in [5, 5.41) is 11.6. The lowest BCUT2D eigenvalue weighted by Gasteiger charge is -2.19. The molecular formula is C15H19N3O4. The molecular weight excluding hydrogens is 286 g/mol. The molecule has 1 amide bonds. The van der Waals surface area contributed by atoms with Gasteiger partial charge in [-0.15, -0.1) is 0 Å². The fourth-order valence-corrected chi connectivity index (χ4v) is 2.04. The largest absolute Gasteiger partial charge is 0.480 e. The van der Waals surface area contributed by atoms with Crippen molar-refractivity contribution in [1.29, 1.82) is 0 Å². The molecule has 0 saturated heterocycles. The number of aliphatic carboxylic acids is 1. The number of nitrogens with zero attached hydrogens (tertiary/aromatic N) is 2. The Morgan fingerprint density at radius 3 is 2.64 bits per heavy atom. The zero-order valence-corrected chi connectivity index (χ0v) is 12.8. The summed E-state index contributed by atoms with van der Waals surface area (Å²) in [5.74, 6) is -0.504. The minimum absolute atomic E-state index is 0.0941. The van der Waals surface area contributed by atoms with Crippen LogP contribution in [0.25, 0.3) is 11.0 Å². The highest BCUT2D eigenvalue weighted by molar-refractivity contribution is 5.78. The van der Waals surface area contributed by atoms with E-state index in [2.05, 4.69) is 10.3 Å². The van der Waals surface area contributed by atoms with Gasteiger partial charge < -0.3 is 19.7 Å². The molecule has 0 fully saturated rings. The summed E-state index contributed by atoms with van der Waals surface area (Å²) in [5.41, 5.74) is 0.807. The summed E-state index contributed by atoms with van der Waals surface area (Å²) in [6, 6.07) is 7.23. The smallest absolute Gasteiger partial charge is 0.408 e. The highest BCUT2D eigenvalue weighted by atomic mass is 16.6. The molecule has 7 nitrogen and oxygen atoms in total. The number of carboxylic acids is 1. The number of para-hydroxylation sites is 2. The summed E-state index contributed by atoms with van der Waals surface area (Å²) >= 11 is 0. The summed E-state index contributed by atoms with van der Waals surface area (Å²) in [6.45, 7) is 5.19. The molecule has 0 bridgehead atoms. The molecule has 118 valence electrons. The topological polar surface area (TPSA) is 93.5 Å². The van der Waals surface area contributed by atoms with Gasteiger partial charge in [0, 0.05) is 0 Å². The molecule has 0 aliphatic carbocycles. The van der Waals surface area contributed by atoms with Crippen LogP contribution in [0.2, 0.25) is 0 Å². The number of ether oxygens (including phenoxy) is 1. The molecule has 22 heavy (non-hydrogen) atoms. The number of hydrogen-bond donors (Lipinski definition) is 2. The van der Waals surface area contributed by atoms with Crippen molar-refractivity contribution in [3.63, 3.8) is 0 Å². The van der Waals surface area contributed by atoms with Gasteiger partial charge in [0.25, 0.3) is 0 Å². The molecule has 2 rings (SSSR count). The molecule has 0 radical (unpaired) electrons. The molecule has 1 aromatic carbocycles. The van der Waals surface area contributed by atoms with Gasteiger partial charge in [-0.05, 0) is 32.9 Å². The predicted molar refractivity (Wildman–Crippen MR) is 80.4 cm³/mol. The molecule has 0 aliphatic heterocycles. The Kier molecular flexibility index (Phi) is 4.35. The van der Waals surface area contributed by atoms with Crippen LogP contribution in [0.5, 0.6) is 0 Å². The van der Waals surface area contributed by atoms with Gasteiger partial charge in [-0.25, -0.2) is 9.78 Å². The number of carbonyl (C=O) groups is 2. The number of carboxylic acid groups (broad SMARTS) is 1. The lowest BCUT2D eigenvalue weighted by molar-refractivity contribution is -0.137. The number of rotatable bonds is 4. The van der Waals surface area contributed by atoms with Crippen molar-refractivity contribution in [2.24, 2.45) is 0 Å². The summed E-state index contributed by atoms with van der Waals surface area (Å²) in [6.07, 6.45) is -0.568. The quantitative estimate of drug-likeness (QED) is 0.902. The van der Waals surface area contributed by atoms with Crippen molar-refractivity contribution in [1.82, 2.24) is 14.9 Å². The van der Waals surface area contributed by atoms with Gasteiger partial charge in [0.05, 0.1) is 17.6 Å². The number of aromatic nitrogens is 2. The van der Waals surface area contributed by atoms with Crippen molar-refractivity contribution in [3.05, 3.63) is 30.1 Å². The van der Waals surface area contributed by atoms with Gasteiger partial charge in [0.2, 0.25) is 0 Å². The summed E-state index contributed by atoms with van der Waals surface area (Å²) < 4.78 is 6.72. The predicted octanol–water partition coefficient (Wildman–Crippen LogP) is 2.15. The zero-order valence-electron chi connectivity index (χ0n) is 12.8. The highest BCUT2D eigenvalue weighted by Gasteiger charge is 2.18. The maximum absolute atomic E-state index is 11.7. The average Bonchev–Trinajstić information content (AvgIpc) is 2.72. The maximum Gasteiger partial charge on any atom is 0.408 e. The average molecular weight is 305 g/mol. The lowest BCUT2D eigenvalue weighted by Crippen LogP contribution is -2.33. The van der Waals surface area contributed by atoms with Crippen LogP contribution in [0.15, 0.2) is 24.3 Å². The Hall–Kier alpha value is -2.57. The molecule has 1 aromatic heterocycles. The van der Waals surface area contributed by atoms with Crippen LogP contribution in [0.1, 0.15) is 26.6 Å². The molecule has 0 unspecified atom stereocenters. The number of benzene rings is 1. The third-order valence-corrected chi connectivity index (χ3v) is 2.82. The van der Waals surface area contributed by atoms with Crippen LogP contribution in [0, 0.1) is 0 Å². The number of imidazole rings is 1. The van der Waals surface area contributed by atoms with Crippen LogP contribution >= 0.6 is 0 Å². The van der Waals surface area contributed by atoms with Gasteiger partial charge in [0.1, 0.15) is 18.0 Å². The van der Waals surface area contributed by atoms with Crippen molar-refractivity contribution in [2.45, 2.75) is 39.5 Å². The molecule has 7 heteroatoms. The van der Waals surface area contributed by atoms with Crippen LogP contribution in [0.3, 0.4) is 0 Å². The minimum atomic E-state index is -0.971. The van der Waals surface area contributed by atoms with Crippen molar-refractivity contribution in [2.75, 3.05) is 0 Å². The first kappa shape index (κ1) is 15.8. The Morgan fingerprint density at radius 1 is 1.32 bits per heavy atom. The Morgan fingerprint density at radius 2 is 2.00 bits per heavy atom. The van der Waals surface area contributed by atoms with E-state index in [1.807, 2.05) is 12.1 Å². The van der Waals surface area contributed by atoms with Gasteiger partial charge in [-0.1, -0.05) is 12.1 Å². The third-order valence-electron chi connectivity index (χ3n) is 2.82. The van der Waals surface area contributed by atoms with Crippen LogP contribution in [-0.4, -0.2) is 32.3 Å². The third kappa shape index (κ3) is 3.97. The molecule has 0 saturated carbocycles. The van der Waals surface area contributed by atoms with Gasteiger partial charge in [-0.3, -0.25) is 4.79 Å². The highest BCUT2D eigenvalue weighted by Crippen LogP contribution is 2.16. The minimum Gasteiger partial charge on any atom is -0.480 e. The molecule has 0 atom stereocenters. The second-order valence-corrected chi connectivity index (χ2v) is 5.85.